The average molecular weight is 228 g/mol. The van der Waals surface area contributed by atoms with Crippen molar-refractivity contribution in [1.82, 2.24) is 0 Å². The number of primary amides is 1. The summed E-state index contributed by atoms with van der Waals surface area (Å²) in [6, 6.07) is 3.51. The van der Waals surface area contributed by atoms with Crippen molar-refractivity contribution in [3.05, 3.63) is 28.3 Å². The fourth-order valence-electron chi connectivity index (χ4n) is 1.34. The summed E-state index contributed by atoms with van der Waals surface area (Å²) in [4.78, 5) is 11.2. The summed E-state index contributed by atoms with van der Waals surface area (Å²) in [7, 11) is 1.46. The zero-order valence-electron chi connectivity index (χ0n) is 9.00. The third-order valence-corrected chi connectivity index (χ3v) is 2.48. The molecule has 1 aromatic rings. The minimum Gasteiger partial charge on any atom is -0.494 e. The second-order valence-corrected chi connectivity index (χ2v) is 4.01. The zero-order chi connectivity index (χ0) is 11.6. The van der Waals surface area contributed by atoms with E-state index in [4.69, 9.17) is 22.1 Å². The Labute approximate surface area is 94.2 Å². The summed E-state index contributed by atoms with van der Waals surface area (Å²) < 4.78 is 5.04. The summed E-state index contributed by atoms with van der Waals surface area (Å²) in [5.74, 6) is 0.0938. The van der Waals surface area contributed by atoms with Crippen molar-refractivity contribution in [1.29, 1.82) is 0 Å². The molecule has 0 bridgehead atoms. The number of hydrogen-bond acceptors (Lipinski definition) is 2. The number of halogens is 1. The highest BCUT2D eigenvalue weighted by molar-refractivity contribution is 6.32. The van der Waals surface area contributed by atoms with Gasteiger partial charge in [-0.2, -0.15) is 0 Å². The van der Waals surface area contributed by atoms with Gasteiger partial charge in [0.15, 0.2) is 0 Å². The van der Waals surface area contributed by atoms with Gasteiger partial charge >= 0.3 is 0 Å². The normalized spacial score (nSPS) is 10.5. The number of ether oxygens (including phenoxy) is 1. The van der Waals surface area contributed by atoms with E-state index >= 15 is 0 Å². The first-order chi connectivity index (χ1) is 6.97. The van der Waals surface area contributed by atoms with Crippen LogP contribution in [0.15, 0.2) is 12.1 Å². The predicted octanol–water partition coefficient (Wildman–Crippen LogP) is 2.57. The van der Waals surface area contributed by atoms with E-state index in [2.05, 4.69) is 0 Å². The maximum atomic E-state index is 11.2. The predicted molar refractivity (Wildman–Crippen MR) is 60.6 cm³/mol. The van der Waals surface area contributed by atoms with Gasteiger partial charge in [0, 0.05) is 0 Å². The fraction of sp³-hybridized carbons (Fsp3) is 0.364. The van der Waals surface area contributed by atoms with Gasteiger partial charge in [-0.25, -0.2) is 0 Å². The second kappa shape index (κ2) is 4.53. The highest BCUT2D eigenvalue weighted by Crippen LogP contribution is 2.32. The number of carbonyl (C=O) groups is 1. The van der Waals surface area contributed by atoms with Crippen molar-refractivity contribution in [2.24, 2.45) is 5.73 Å². The first kappa shape index (κ1) is 11.9. The molecule has 82 valence electrons. The number of methoxy groups -OCH3 is 1. The molecule has 0 aliphatic heterocycles. The Morgan fingerprint density at radius 2 is 2.07 bits per heavy atom. The molecule has 4 heteroatoms. The Hall–Kier alpha value is -1.22. The molecule has 1 aromatic carbocycles. The van der Waals surface area contributed by atoms with Crippen LogP contribution in [0.5, 0.6) is 5.75 Å². The molecule has 0 aliphatic rings. The molecule has 0 heterocycles. The van der Waals surface area contributed by atoms with Crippen molar-refractivity contribution in [2.75, 3.05) is 7.11 Å². The molecule has 0 atom stereocenters. The van der Waals surface area contributed by atoms with Crippen LogP contribution in [0, 0.1) is 0 Å². The standard InChI is InChI=1S/C11H14ClNO2/c1-6(2)7-4-8(11(13)14)10(15-3)9(12)5-7/h4-6H,1-3H3,(H2,13,14). The summed E-state index contributed by atoms with van der Waals surface area (Å²) in [6.07, 6.45) is 0. The second-order valence-electron chi connectivity index (χ2n) is 3.60. The molecule has 1 rings (SSSR count). The molecule has 0 aliphatic carbocycles. The lowest BCUT2D eigenvalue weighted by molar-refractivity contribution is 0.0997. The molecule has 3 nitrogen and oxygen atoms in total. The first-order valence-corrected chi connectivity index (χ1v) is 5.02. The number of hydrogen-bond donors (Lipinski definition) is 1. The Bertz CT molecular complexity index is 388. The van der Waals surface area contributed by atoms with E-state index in [0.29, 0.717) is 16.3 Å². The summed E-state index contributed by atoms with van der Waals surface area (Å²) >= 11 is 5.99. The SMILES string of the molecule is COc1c(Cl)cc(C(C)C)cc1C(N)=O. The Kier molecular flexibility index (Phi) is 3.58. The van der Waals surface area contributed by atoms with Crippen LogP contribution >= 0.6 is 11.6 Å². The van der Waals surface area contributed by atoms with Gasteiger partial charge in [-0.1, -0.05) is 25.4 Å². The molecule has 0 fully saturated rings. The minimum absolute atomic E-state index is 0.284. The topological polar surface area (TPSA) is 52.3 Å². The Morgan fingerprint density at radius 1 is 1.47 bits per heavy atom. The molecule has 0 saturated carbocycles. The quantitative estimate of drug-likeness (QED) is 0.863. The van der Waals surface area contributed by atoms with Gasteiger partial charge < -0.3 is 10.5 Å². The van der Waals surface area contributed by atoms with Gasteiger partial charge in [0.2, 0.25) is 0 Å². The van der Waals surface area contributed by atoms with Crippen molar-refractivity contribution in [3.8, 4) is 5.75 Å². The molecule has 1 amide bonds. The lowest BCUT2D eigenvalue weighted by Crippen LogP contribution is -2.13. The van der Waals surface area contributed by atoms with Gasteiger partial charge in [-0.15, -0.1) is 0 Å². The lowest BCUT2D eigenvalue weighted by atomic mass is 10.00. The fourth-order valence-corrected chi connectivity index (χ4v) is 1.64. The highest BCUT2D eigenvalue weighted by Gasteiger charge is 2.15. The maximum absolute atomic E-state index is 11.2. The minimum atomic E-state index is -0.531. The van der Waals surface area contributed by atoms with Gasteiger partial charge in [-0.3, -0.25) is 4.79 Å². The third kappa shape index (κ3) is 2.42. The summed E-state index contributed by atoms with van der Waals surface area (Å²) in [5, 5.41) is 0.414. The van der Waals surface area contributed by atoms with Crippen LogP contribution in [-0.2, 0) is 0 Å². The van der Waals surface area contributed by atoms with Gasteiger partial charge in [0.05, 0.1) is 17.7 Å². The van der Waals surface area contributed by atoms with Crippen molar-refractivity contribution in [3.63, 3.8) is 0 Å². The summed E-state index contributed by atoms with van der Waals surface area (Å²) in [5.41, 5.74) is 6.55. The number of benzene rings is 1. The van der Waals surface area contributed by atoms with Crippen LogP contribution in [0.1, 0.15) is 35.7 Å². The Morgan fingerprint density at radius 3 is 2.47 bits per heavy atom. The van der Waals surface area contributed by atoms with Crippen LogP contribution in [-0.4, -0.2) is 13.0 Å². The van der Waals surface area contributed by atoms with E-state index in [1.807, 2.05) is 13.8 Å². The first-order valence-electron chi connectivity index (χ1n) is 4.64. The van der Waals surface area contributed by atoms with Crippen LogP contribution in [0.4, 0.5) is 0 Å². The van der Waals surface area contributed by atoms with Crippen molar-refractivity contribution in [2.45, 2.75) is 19.8 Å². The molecule has 0 radical (unpaired) electrons. The van der Waals surface area contributed by atoms with Crippen molar-refractivity contribution < 1.29 is 9.53 Å². The number of carbonyl (C=O) groups excluding carboxylic acids is 1. The van der Waals surface area contributed by atoms with E-state index in [1.165, 1.54) is 7.11 Å². The number of rotatable bonds is 3. The zero-order valence-corrected chi connectivity index (χ0v) is 9.76. The van der Waals surface area contributed by atoms with Crippen LogP contribution in [0.2, 0.25) is 5.02 Å². The average Bonchev–Trinajstić information content (AvgIpc) is 2.16. The van der Waals surface area contributed by atoms with Gasteiger partial charge in [0.25, 0.3) is 5.91 Å². The van der Waals surface area contributed by atoms with Gasteiger partial charge in [0.1, 0.15) is 5.75 Å². The highest BCUT2D eigenvalue weighted by atomic mass is 35.5. The number of amides is 1. The molecular weight excluding hydrogens is 214 g/mol. The van der Waals surface area contributed by atoms with Crippen LogP contribution in [0.3, 0.4) is 0 Å². The molecule has 0 saturated heterocycles. The molecule has 0 spiro atoms. The smallest absolute Gasteiger partial charge is 0.252 e. The van der Waals surface area contributed by atoms with Crippen molar-refractivity contribution >= 4 is 17.5 Å². The lowest BCUT2D eigenvalue weighted by Gasteiger charge is -2.12. The number of nitrogens with two attached hydrogens (primary N) is 1. The molecule has 0 aromatic heterocycles. The van der Waals surface area contributed by atoms with E-state index in [0.717, 1.165) is 5.56 Å². The van der Waals surface area contributed by atoms with E-state index in [1.54, 1.807) is 12.1 Å². The molecule has 0 unspecified atom stereocenters. The molecule has 15 heavy (non-hydrogen) atoms. The van der Waals surface area contributed by atoms with E-state index in [-0.39, 0.29) is 5.92 Å². The van der Waals surface area contributed by atoms with E-state index < -0.39 is 5.91 Å². The van der Waals surface area contributed by atoms with Crippen LogP contribution < -0.4 is 10.5 Å². The monoisotopic (exact) mass is 227 g/mol. The third-order valence-electron chi connectivity index (χ3n) is 2.20. The van der Waals surface area contributed by atoms with Gasteiger partial charge in [-0.05, 0) is 23.6 Å². The molecule has 2 N–H and O–H groups in total. The molecular formula is C11H14ClNO2. The van der Waals surface area contributed by atoms with E-state index in [9.17, 15) is 4.79 Å². The Balaban J connectivity index is 3.38. The largest absolute Gasteiger partial charge is 0.494 e. The van der Waals surface area contributed by atoms with Crippen LogP contribution in [0.25, 0.3) is 0 Å². The maximum Gasteiger partial charge on any atom is 0.252 e. The summed E-state index contributed by atoms with van der Waals surface area (Å²) in [6.45, 7) is 4.03.